The molecule has 11 unspecified atom stereocenters. The van der Waals surface area contributed by atoms with Crippen LogP contribution in [0.1, 0.15) is 88.9 Å². The molecule has 1 aromatic rings. The van der Waals surface area contributed by atoms with Gasteiger partial charge in [0, 0.05) is 23.0 Å². The number of aliphatic hydroxyl groups excluding tert-OH is 2. The normalized spacial score (nSPS) is 39.9. The number of methoxy groups -OCH3 is 1. The SMILES string of the molecule is COC(=O)CCC(C)C1CCC2C3C(O)CC4CC(OCCNC(=O)c5cccc(Br)c5)CCC4(C)C3CC(O)C12C. The average molecular weight is 649 g/mol. The molecule has 0 heterocycles. The third-order valence-corrected chi connectivity index (χ3v) is 12.9. The molecule has 234 valence electrons. The Bertz CT molecular complexity index is 1130. The number of halogens is 1. The van der Waals surface area contributed by atoms with E-state index in [4.69, 9.17) is 9.47 Å². The zero-order valence-electron chi connectivity index (χ0n) is 25.7. The van der Waals surface area contributed by atoms with E-state index in [1.807, 2.05) is 18.2 Å². The highest BCUT2D eigenvalue weighted by atomic mass is 79.9. The van der Waals surface area contributed by atoms with Gasteiger partial charge in [0.05, 0.1) is 32.0 Å². The monoisotopic (exact) mass is 647 g/mol. The van der Waals surface area contributed by atoms with Crippen molar-refractivity contribution >= 4 is 27.8 Å². The molecular formula is C34H50BrNO6. The molecule has 5 rings (SSSR count). The minimum Gasteiger partial charge on any atom is -0.469 e. The average Bonchev–Trinajstić information content (AvgIpc) is 3.33. The van der Waals surface area contributed by atoms with Crippen molar-refractivity contribution in [1.82, 2.24) is 5.32 Å². The summed E-state index contributed by atoms with van der Waals surface area (Å²) in [5, 5.41) is 26.5. The van der Waals surface area contributed by atoms with Crippen LogP contribution in [0.15, 0.2) is 28.7 Å². The van der Waals surface area contributed by atoms with E-state index >= 15 is 0 Å². The van der Waals surface area contributed by atoms with Crippen molar-refractivity contribution in [3.63, 3.8) is 0 Å². The molecule has 0 aliphatic heterocycles. The van der Waals surface area contributed by atoms with Gasteiger partial charge in [-0.2, -0.15) is 0 Å². The first-order valence-electron chi connectivity index (χ1n) is 16.1. The molecule has 11 atom stereocenters. The van der Waals surface area contributed by atoms with Gasteiger partial charge >= 0.3 is 5.97 Å². The topological polar surface area (TPSA) is 105 Å². The van der Waals surface area contributed by atoms with Crippen LogP contribution >= 0.6 is 15.9 Å². The van der Waals surface area contributed by atoms with Gasteiger partial charge in [-0.05, 0) is 116 Å². The number of carbonyl (C=O) groups excluding carboxylic acids is 2. The Morgan fingerprint density at radius 3 is 2.64 bits per heavy atom. The van der Waals surface area contributed by atoms with Crippen LogP contribution in [0.2, 0.25) is 0 Å². The lowest BCUT2D eigenvalue weighted by molar-refractivity contribution is -0.209. The van der Waals surface area contributed by atoms with Crippen LogP contribution in [-0.4, -0.2) is 60.7 Å². The molecule has 0 saturated heterocycles. The number of nitrogens with one attached hydrogen (secondary N) is 1. The fraction of sp³-hybridized carbons (Fsp3) is 0.765. The van der Waals surface area contributed by atoms with Crippen LogP contribution in [-0.2, 0) is 14.3 Å². The molecule has 0 radical (unpaired) electrons. The van der Waals surface area contributed by atoms with Gasteiger partial charge in [-0.1, -0.05) is 42.8 Å². The summed E-state index contributed by atoms with van der Waals surface area (Å²) < 4.78 is 12.0. The van der Waals surface area contributed by atoms with Crippen molar-refractivity contribution < 1.29 is 29.3 Å². The summed E-state index contributed by atoms with van der Waals surface area (Å²) in [6, 6.07) is 7.35. The van der Waals surface area contributed by atoms with E-state index in [1.54, 1.807) is 6.07 Å². The van der Waals surface area contributed by atoms with Crippen molar-refractivity contribution in [2.45, 2.75) is 96.9 Å². The summed E-state index contributed by atoms with van der Waals surface area (Å²) in [6.45, 7) is 7.84. The molecule has 7 nitrogen and oxygen atoms in total. The van der Waals surface area contributed by atoms with E-state index in [-0.39, 0.29) is 40.8 Å². The van der Waals surface area contributed by atoms with Gasteiger partial charge in [-0.3, -0.25) is 9.59 Å². The number of hydrogen-bond acceptors (Lipinski definition) is 6. The smallest absolute Gasteiger partial charge is 0.305 e. The van der Waals surface area contributed by atoms with Gasteiger partial charge in [0.2, 0.25) is 0 Å². The molecule has 1 aromatic carbocycles. The van der Waals surface area contributed by atoms with E-state index in [9.17, 15) is 19.8 Å². The van der Waals surface area contributed by atoms with E-state index in [1.165, 1.54) is 7.11 Å². The predicted octanol–water partition coefficient (Wildman–Crippen LogP) is 5.75. The number of carbonyl (C=O) groups is 2. The summed E-state index contributed by atoms with van der Waals surface area (Å²) in [5.41, 5.74) is 0.468. The number of aliphatic hydroxyl groups is 2. The van der Waals surface area contributed by atoms with Crippen molar-refractivity contribution in [2.75, 3.05) is 20.3 Å². The zero-order chi connectivity index (χ0) is 30.2. The molecule has 4 fully saturated rings. The zero-order valence-corrected chi connectivity index (χ0v) is 27.3. The van der Waals surface area contributed by atoms with Crippen LogP contribution in [0, 0.1) is 46.3 Å². The molecule has 4 aliphatic carbocycles. The van der Waals surface area contributed by atoms with Crippen molar-refractivity contribution in [2.24, 2.45) is 46.3 Å². The largest absolute Gasteiger partial charge is 0.469 e. The second-order valence-corrected chi connectivity index (χ2v) is 15.1. The molecule has 3 N–H and O–H groups in total. The van der Waals surface area contributed by atoms with Gasteiger partial charge in [-0.15, -0.1) is 0 Å². The number of benzene rings is 1. The van der Waals surface area contributed by atoms with E-state index in [2.05, 4.69) is 42.0 Å². The Labute approximate surface area is 259 Å². The highest BCUT2D eigenvalue weighted by molar-refractivity contribution is 9.10. The number of fused-ring (bicyclic) bond motifs is 5. The minimum atomic E-state index is -0.401. The first-order valence-corrected chi connectivity index (χ1v) is 16.9. The van der Waals surface area contributed by atoms with Crippen molar-refractivity contribution in [3.05, 3.63) is 34.3 Å². The van der Waals surface area contributed by atoms with Crippen LogP contribution in [0.3, 0.4) is 0 Å². The lowest BCUT2D eigenvalue weighted by Crippen LogP contribution is -2.62. The first kappa shape index (κ1) is 31.9. The summed E-state index contributed by atoms with van der Waals surface area (Å²) >= 11 is 3.41. The maximum atomic E-state index is 12.5. The predicted molar refractivity (Wildman–Crippen MR) is 165 cm³/mol. The molecule has 0 bridgehead atoms. The Morgan fingerprint density at radius 1 is 1.12 bits per heavy atom. The first-order chi connectivity index (χ1) is 20.0. The Hall–Kier alpha value is -1.48. The Morgan fingerprint density at radius 2 is 1.90 bits per heavy atom. The number of rotatable bonds is 9. The standard InChI is InChI=1S/C34H50BrNO6/c1-20(8-11-30(39)41-4)25-9-10-26-31-27(19-29(38)34(25,26)3)33(2)13-12-24(17-22(33)18-28(31)37)42-15-14-36-32(40)21-6-5-7-23(35)16-21/h5-7,16,20,22,24-29,31,37-38H,8-15,17-19H2,1-4H3,(H,36,40). The van der Waals surface area contributed by atoms with Crippen molar-refractivity contribution in [3.8, 4) is 0 Å². The van der Waals surface area contributed by atoms with Gasteiger partial charge in [0.1, 0.15) is 0 Å². The minimum absolute atomic E-state index is 0.0789. The number of hydrogen-bond donors (Lipinski definition) is 3. The third kappa shape index (κ3) is 5.94. The van der Waals surface area contributed by atoms with Crippen LogP contribution in [0.5, 0.6) is 0 Å². The van der Waals surface area contributed by atoms with E-state index < -0.39 is 6.10 Å². The molecule has 4 aliphatic rings. The van der Waals surface area contributed by atoms with Gasteiger partial charge < -0.3 is 25.0 Å². The Balaban J connectivity index is 1.19. The summed E-state index contributed by atoms with van der Waals surface area (Å²) in [6.07, 6.45) is 7.10. The number of ether oxygens (including phenoxy) is 2. The molecule has 0 aromatic heterocycles. The molecule has 4 saturated carbocycles. The Kier molecular flexibility index (Phi) is 9.78. The summed E-state index contributed by atoms with van der Waals surface area (Å²) in [5.74, 6) is 1.56. The fourth-order valence-electron chi connectivity index (χ4n) is 10.0. The second-order valence-electron chi connectivity index (χ2n) is 14.2. The maximum Gasteiger partial charge on any atom is 0.305 e. The second kappa shape index (κ2) is 12.9. The van der Waals surface area contributed by atoms with Gasteiger partial charge in [0.25, 0.3) is 5.91 Å². The summed E-state index contributed by atoms with van der Waals surface area (Å²) in [7, 11) is 1.44. The van der Waals surface area contributed by atoms with E-state index in [0.717, 1.165) is 55.8 Å². The molecule has 0 spiro atoms. The van der Waals surface area contributed by atoms with Gasteiger partial charge in [-0.25, -0.2) is 0 Å². The lowest BCUT2D eigenvalue weighted by Gasteiger charge is -2.63. The molecule has 1 amide bonds. The van der Waals surface area contributed by atoms with Gasteiger partial charge in [0.15, 0.2) is 0 Å². The van der Waals surface area contributed by atoms with Crippen LogP contribution in [0.25, 0.3) is 0 Å². The highest BCUT2D eigenvalue weighted by Crippen LogP contribution is 2.68. The van der Waals surface area contributed by atoms with E-state index in [0.29, 0.717) is 54.7 Å². The van der Waals surface area contributed by atoms with Crippen molar-refractivity contribution in [1.29, 1.82) is 0 Å². The molecule has 8 heteroatoms. The molecular weight excluding hydrogens is 598 g/mol. The summed E-state index contributed by atoms with van der Waals surface area (Å²) in [4.78, 5) is 24.3. The lowest BCUT2D eigenvalue weighted by atomic mass is 9.43. The third-order valence-electron chi connectivity index (χ3n) is 12.4. The number of amides is 1. The van der Waals surface area contributed by atoms with Crippen LogP contribution in [0.4, 0.5) is 0 Å². The fourth-order valence-corrected chi connectivity index (χ4v) is 10.4. The quantitative estimate of drug-likeness (QED) is 0.233. The van der Waals surface area contributed by atoms with Crippen LogP contribution < -0.4 is 5.32 Å². The highest BCUT2D eigenvalue weighted by Gasteiger charge is 2.65. The number of esters is 1. The maximum absolute atomic E-state index is 12.5. The molecule has 42 heavy (non-hydrogen) atoms.